The number of ether oxygens (including phenoxy) is 1. The highest BCUT2D eigenvalue weighted by atomic mass is 35.5. The SMILES string of the molecule is CC1CCC[NH+](CCC(C)OC(=O)c2ccccc2)C1.[Cl-]. The van der Waals surface area contributed by atoms with Gasteiger partial charge in [0.25, 0.3) is 0 Å². The Morgan fingerprint density at radius 1 is 1.38 bits per heavy atom. The molecule has 0 amide bonds. The van der Waals surface area contributed by atoms with Gasteiger partial charge in [0.1, 0.15) is 6.10 Å². The summed E-state index contributed by atoms with van der Waals surface area (Å²) >= 11 is 0. The van der Waals surface area contributed by atoms with Gasteiger partial charge in [0.15, 0.2) is 0 Å². The Labute approximate surface area is 134 Å². The Balaban J connectivity index is 0.00000220. The second-order valence-electron chi connectivity index (χ2n) is 6.07. The number of nitrogens with one attached hydrogen (secondary N) is 1. The average molecular weight is 312 g/mol. The van der Waals surface area contributed by atoms with Crippen molar-refractivity contribution in [1.82, 2.24) is 0 Å². The molecule has 1 saturated heterocycles. The van der Waals surface area contributed by atoms with E-state index in [0.717, 1.165) is 18.9 Å². The predicted molar refractivity (Wildman–Crippen MR) is 79.9 cm³/mol. The van der Waals surface area contributed by atoms with E-state index in [1.54, 1.807) is 17.0 Å². The van der Waals surface area contributed by atoms with E-state index in [9.17, 15) is 4.79 Å². The fraction of sp³-hybridized carbons (Fsp3) is 0.588. The van der Waals surface area contributed by atoms with Crippen molar-refractivity contribution in [2.45, 2.75) is 39.2 Å². The summed E-state index contributed by atoms with van der Waals surface area (Å²) in [5.74, 6) is 0.626. The number of esters is 1. The third-order valence-corrected chi connectivity index (χ3v) is 4.09. The average Bonchev–Trinajstić information content (AvgIpc) is 2.46. The van der Waals surface area contributed by atoms with E-state index in [4.69, 9.17) is 4.74 Å². The standard InChI is InChI=1S/C17H25NO2.ClH/c1-14-7-6-11-18(13-14)12-10-15(2)20-17(19)16-8-4-3-5-9-16;/h3-5,8-9,14-15H,6-7,10-13H2,1-2H3;1H. The van der Waals surface area contributed by atoms with Crippen LogP contribution in [0.2, 0.25) is 0 Å². The number of benzene rings is 1. The van der Waals surface area contributed by atoms with Gasteiger partial charge >= 0.3 is 5.97 Å². The predicted octanol–water partition coefficient (Wildman–Crippen LogP) is -1.06. The van der Waals surface area contributed by atoms with Crippen molar-refractivity contribution < 1.29 is 26.8 Å². The minimum Gasteiger partial charge on any atom is -1.00 e. The Morgan fingerprint density at radius 2 is 2.10 bits per heavy atom. The molecule has 3 nitrogen and oxygen atoms in total. The van der Waals surface area contributed by atoms with Crippen LogP contribution in [0.5, 0.6) is 0 Å². The number of carbonyl (C=O) groups excluding carboxylic acids is 1. The van der Waals surface area contributed by atoms with E-state index in [0.29, 0.717) is 5.56 Å². The third kappa shape index (κ3) is 6.06. The van der Waals surface area contributed by atoms with Crippen LogP contribution < -0.4 is 17.3 Å². The number of halogens is 1. The van der Waals surface area contributed by atoms with E-state index < -0.39 is 0 Å². The molecule has 0 aliphatic carbocycles. The lowest BCUT2D eigenvalue weighted by atomic mass is 10.00. The number of hydrogen-bond acceptors (Lipinski definition) is 2. The molecule has 3 atom stereocenters. The van der Waals surface area contributed by atoms with Crippen LogP contribution in [-0.2, 0) is 4.74 Å². The minimum atomic E-state index is -0.208. The monoisotopic (exact) mass is 311 g/mol. The van der Waals surface area contributed by atoms with Crippen molar-refractivity contribution in [3.63, 3.8) is 0 Å². The van der Waals surface area contributed by atoms with Crippen molar-refractivity contribution >= 4 is 5.97 Å². The van der Waals surface area contributed by atoms with Crippen molar-refractivity contribution in [2.75, 3.05) is 19.6 Å². The van der Waals surface area contributed by atoms with Gasteiger partial charge < -0.3 is 22.0 Å². The molecule has 0 bridgehead atoms. The van der Waals surface area contributed by atoms with Crippen molar-refractivity contribution in [3.05, 3.63) is 35.9 Å². The van der Waals surface area contributed by atoms with E-state index in [1.165, 1.54) is 25.9 Å². The summed E-state index contributed by atoms with van der Waals surface area (Å²) in [6.45, 7) is 7.96. The number of piperidine rings is 1. The molecular weight excluding hydrogens is 286 g/mol. The smallest absolute Gasteiger partial charge is 0.338 e. The molecule has 3 unspecified atom stereocenters. The first-order valence-electron chi connectivity index (χ1n) is 7.74. The summed E-state index contributed by atoms with van der Waals surface area (Å²) in [6, 6.07) is 9.22. The van der Waals surface area contributed by atoms with Gasteiger partial charge in [0, 0.05) is 12.3 Å². The summed E-state index contributed by atoms with van der Waals surface area (Å²) in [5, 5.41) is 0. The first-order valence-corrected chi connectivity index (χ1v) is 7.74. The summed E-state index contributed by atoms with van der Waals surface area (Å²) in [7, 11) is 0. The summed E-state index contributed by atoms with van der Waals surface area (Å²) in [5.41, 5.74) is 0.637. The van der Waals surface area contributed by atoms with Crippen LogP contribution in [0.3, 0.4) is 0 Å². The highest BCUT2D eigenvalue weighted by Gasteiger charge is 2.20. The lowest BCUT2D eigenvalue weighted by Crippen LogP contribution is -3.13. The molecule has 1 N–H and O–H groups in total. The largest absolute Gasteiger partial charge is 1.00 e. The van der Waals surface area contributed by atoms with Crippen LogP contribution in [0.4, 0.5) is 0 Å². The molecule has 1 aliphatic rings. The first-order chi connectivity index (χ1) is 9.65. The van der Waals surface area contributed by atoms with Crippen LogP contribution >= 0.6 is 0 Å². The van der Waals surface area contributed by atoms with Gasteiger partial charge in [0.05, 0.1) is 25.2 Å². The summed E-state index contributed by atoms with van der Waals surface area (Å²) in [6.07, 6.45) is 3.63. The Kier molecular flexibility index (Phi) is 7.76. The minimum absolute atomic E-state index is 0. The van der Waals surface area contributed by atoms with Crippen molar-refractivity contribution in [1.29, 1.82) is 0 Å². The number of rotatable bonds is 5. The van der Waals surface area contributed by atoms with E-state index >= 15 is 0 Å². The number of likely N-dealkylation sites (tertiary alicyclic amines) is 1. The van der Waals surface area contributed by atoms with Gasteiger partial charge in [-0.15, -0.1) is 0 Å². The molecule has 0 saturated carbocycles. The molecule has 4 heteroatoms. The zero-order chi connectivity index (χ0) is 14.4. The maximum absolute atomic E-state index is 11.9. The van der Waals surface area contributed by atoms with Gasteiger partial charge in [-0.05, 0) is 31.9 Å². The molecule has 1 aliphatic heterocycles. The Morgan fingerprint density at radius 3 is 2.76 bits per heavy atom. The molecule has 1 heterocycles. The molecule has 2 rings (SSSR count). The zero-order valence-corrected chi connectivity index (χ0v) is 13.7. The molecular formula is C17H26ClNO2. The van der Waals surface area contributed by atoms with Crippen LogP contribution in [-0.4, -0.2) is 31.7 Å². The highest BCUT2D eigenvalue weighted by molar-refractivity contribution is 5.89. The molecule has 118 valence electrons. The van der Waals surface area contributed by atoms with Crippen LogP contribution in [0, 0.1) is 5.92 Å². The normalized spacial score (nSPS) is 23.0. The van der Waals surface area contributed by atoms with Gasteiger partial charge in [-0.3, -0.25) is 0 Å². The molecule has 0 spiro atoms. The quantitative estimate of drug-likeness (QED) is 0.703. The van der Waals surface area contributed by atoms with Crippen LogP contribution in [0.25, 0.3) is 0 Å². The zero-order valence-electron chi connectivity index (χ0n) is 13.0. The fourth-order valence-electron chi connectivity index (χ4n) is 2.92. The molecule has 21 heavy (non-hydrogen) atoms. The Hall–Kier alpha value is -1.06. The van der Waals surface area contributed by atoms with Crippen LogP contribution in [0.1, 0.15) is 43.5 Å². The van der Waals surface area contributed by atoms with Crippen molar-refractivity contribution in [3.8, 4) is 0 Å². The lowest BCUT2D eigenvalue weighted by molar-refractivity contribution is -0.909. The second kappa shape index (κ2) is 9.06. The van der Waals surface area contributed by atoms with E-state index in [2.05, 4.69) is 6.92 Å². The molecule has 1 fully saturated rings. The number of quaternary nitrogens is 1. The number of hydrogen-bond donors (Lipinski definition) is 1. The number of carbonyl (C=O) groups is 1. The summed E-state index contributed by atoms with van der Waals surface area (Å²) in [4.78, 5) is 13.6. The molecule has 1 aromatic carbocycles. The van der Waals surface area contributed by atoms with Crippen molar-refractivity contribution in [2.24, 2.45) is 5.92 Å². The van der Waals surface area contributed by atoms with Gasteiger partial charge in [-0.2, -0.15) is 0 Å². The topological polar surface area (TPSA) is 30.7 Å². The van der Waals surface area contributed by atoms with Gasteiger partial charge in [0.2, 0.25) is 0 Å². The molecule has 0 radical (unpaired) electrons. The second-order valence-corrected chi connectivity index (χ2v) is 6.07. The van der Waals surface area contributed by atoms with Gasteiger partial charge in [-0.1, -0.05) is 25.1 Å². The molecule has 0 aromatic heterocycles. The Bertz CT molecular complexity index is 424. The maximum atomic E-state index is 11.9. The van der Waals surface area contributed by atoms with E-state index in [-0.39, 0.29) is 24.5 Å². The fourth-order valence-corrected chi connectivity index (χ4v) is 2.92. The highest BCUT2D eigenvalue weighted by Crippen LogP contribution is 2.07. The summed E-state index contributed by atoms with van der Waals surface area (Å²) < 4.78 is 5.50. The lowest BCUT2D eigenvalue weighted by Gasteiger charge is -2.28. The first kappa shape index (κ1) is 18.0. The van der Waals surface area contributed by atoms with Gasteiger partial charge in [-0.25, -0.2) is 4.79 Å². The maximum Gasteiger partial charge on any atom is 0.338 e. The third-order valence-electron chi connectivity index (χ3n) is 4.09. The molecule has 1 aromatic rings. The van der Waals surface area contributed by atoms with Crippen LogP contribution in [0.15, 0.2) is 30.3 Å². The van der Waals surface area contributed by atoms with E-state index in [1.807, 2.05) is 25.1 Å².